The first-order chi connectivity index (χ1) is 12.8. The number of anilines is 1. The first-order valence-corrected chi connectivity index (χ1v) is 9.23. The molecule has 0 saturated carbocycles. The molecular weight excluding hydrogens is 322 g/mol. The molecule has 0 aliphatic heterocycles. The molecule has 130 valence electrons. The standard InChI is InChI=1S/C21H21N5/c1-14(16-6-4-5-15-9-10-17(15)16)24-21-22-12-11-20(25-21)26-13-23-18-7-2-3-8-19(18)26/h2-3,7-14,16H,4-6H2,1H3,(H,22,24,25). The number of rotatable bonds is 4. The van der Waals surface area contributed by atoms with Gasteiger partial charge in [-0.05, 0) is 55.5 Å². The van der Waals surface area contributed by atoms with Crippen LogP contribution in [0.15, 0.2) is 66.2 Å². The Kier molecular flexibility index (Phi) is 3.59. The second-order valence-corrected chi connectivity index (χ2v) is 7.09. The predicted octanol–water partition coefficient (Wildman–Crippen LogP) is 4.28. The molecule has 2 heterocycles. The lowest BCUT2D eigenvalue weighted by atomic mass is 9.74. The molecule has 2 unspecified atom stereocenters. The van der Waals surface area contributed by atoms with E-state index >= 15 is 0 Å². The number of fused-ring (bicyclic) bond motifs is 1. The van der Waals surface area contributed by atoms with Crippen LogP contribution in [0.2, 0.25) is 0 Å². The third kappa shape index (κ3) is 2.51. The van der Waals surface area contributed by atoms with Crippen molar-refractivity contribution in [3.8, 4) is 5.82 Å². The van der Waals surface area contributed by atoms with Crippen molar-refractivity contribution in [3.05, 3.63) is 66.2 Å². The summed E-state index contributed by atoms with van der Waals surface area (Å²) in [5.41, 5.74) is 5.07. The molecule has 0 radical (unpaired) electrons. The van der Waals surface area contributed by atoms with E-state index in [2.05, 4.69) is 40.4 Å². The minimum Gasteiger partial charge on any atom is -0.351 e. The van der Waals surface area contributed by atoms with Gasteiger partial charge in [-0.2, -0.15) is 4.98 Å². The van der Waals surface area contributed by atoms with Crippen molar-refractivity contribution in [1.82, 2.24) is 19.5 Å². The van der Waals surface area contributed by atoms with E-state index in [-0.39, 0.29) is 0 Å². The smallest absolute Gasteiger partial charge is 0.224 e. The molecule has 5 rings (SSSR count). The normalized spacial score (nSPS) is 20.0. The van der Waals surface area contributed by atoms with Crippen LogP contribution in [0.3, 0.4) is 0 Å². The molecule has 2 aliphatic carbocycles. The Morgan fingerprint density at radius 3 is 2.96 bits per heavy atom. The minimum absolute atomic E-state index is 0.306. The van der Waals surface area contributed by atoms with Gasteiger partial charge in [-0.1, -0.05) is 24.3 Å². The zero-order chi connectivity index (χ0) is 17.5. The van der Waals surface area contributed by atoms with Gasteiger partial charge in [0.1, 0.15) is 12.1 Å². The fourth-order valence-electron chi connectivity index (χ4n) is 4.07. The maximum Gasteiger partial charge on any atom is 0.224 e. The average Bonchev–Trinajstić information content (AvgIpc) is 3.07. The van der Waals surface area contributed by atoms with Crippen LogP contribution in [0.5, 0.6) is 0 Å². The molecule has 5 heteroatoms. The van der Waals surface area contributed by atoms with Crippen LogP contribution >= 0.6 is 0 Å². The molecule has 2 aromatic heterocycles. The highest BCUT2D eigenvalue weighted by atomic mass is 15.2. The summed E-state index contributed by atoms with van der Waals surface area (Å²) in [5, 5.41) is 3.52. The summed E-state index contributed by atoms with van der Waals surface area (Å²) in [6, 6.07) is 10.3. The van der Waals surface area contributed by atoms with Crippen LogP contribution in [0, 0.1) is 5.92 Å². The van der Waals surface area contributed by atoms with E-state index in [4.69, 9.17) is 4.98 Å². The van der Waals surface area contributed by atoms with Gasteiger partial charge < -0.3 is 5.32 Å². The fourth-order valence-corrected chi connectivity index (χ4v) is 4.07. The molecule has 0 spiro atoms. The molecule has 5 nitrogen and oxygen atoms in total. The van der Waals surface area contributed by atoms with Gasteiger partial charge in [-0.15, -0.1) is 0 Å². The number of nitrogens with one attached hydrogen (secondary N) is 1. The van der Waals surface area contributed by atoms with Crippen molar-refractivity contribution in [2.24, 2.45) is 5.92 Å². The highest BCUT2D eigenvalue weighted by molar-refractivity contribution is 5.76. The summed E-state index contributed by atoms with van der Waals surface area (Å²) in [6.45, 7) is 2.23. The highest BCUT2D eigenvalue weighted by Crippen LogP contribution is 2.39. The maximum atomic E-state index is 4.73. The molecule has 2 aliphatic rings. The van der Waals surface area contributed by atoms with Crippen LogP contribution in [0.25, 0.3) is 16.9 Å². The molecule has 0 saturated heterocycles. The lowest BCUT2D eigenvalue weighted by Crippen LogP contribution is -2.31. The Bertz CT molecular complexity index is 1030. The van der Waals surface area contributed by atoms with Gasteiger partial charge >= 0.3 is 0 Å². The molecule has 0 fully saturated rings. The SMILES string of the molecule is CC(Nc1nccc(-n2cnc3ccccc32)n1)C1CCCC2=C1C=C2. The van der Waals surface area contributed by atoms with Crippen molar-refractivity contribution >= 4 is 17.0 Å². The number of benzene rings is 1. The number of imidazole rings is 1. The second-order valence-electron chi connectivity index (χ2n) is 7.09. The number of para-hydroxylation sites is 2. The molecule has 2 atom stereocenters. The van der Waals surface area contributed by atoms with Gasteiger partial charge in [0.05, 0.1) is 11.0 Å². The van der Waals surface area contributed by atoms with Crippen molar-refractivity contribution in [1.29, 1.82) is 0 Å². The predicted molar refractivity (Wildman–Crippen MR) is 103 cm³/mol. The number of hydrogen-bond donors (Lipinski definition) is 1. The average molecular weight is 343 g/mol. The zero-order valence-electron chi connectivity index (χ0n) is 14.8. The van der Waals surface area contributed by atoms with Gasteiger partial charge in [0.2, 0.25) is 5.95 Å². The highest BCUT2D eigenvalue weighted by Gasteiger charge is 2.29. The molecule has 26 heavy (non-hydrogen) atoms. The van der Waals surface area contributed by atoms with Gasteiger partial charge in [0.25, 0.3) is 0 Å². The number of allylic oxidation sites excluding steroid dienone is 3. The van der Waals surface area contributed by atoms with Gasteiger partial charge in [0, 0.05) is 18.2 Å². The van der Waals surface area contributed by atoms with E-state index in [0.29, 0.717) is 17.9 Å². The van der Waals surface area contributed by atoms with Crippen molar-refractivity contribution < 1.29 is 0 Å². The van der Waals surface area contributed by atoms with Gasteiger partial charge in [0.15, 0.2) is 0 Å². The first kappa shape index (κ1) is 15.3. The summed E-state index contributed by atoms with van der Waals surface area (Å²) in [4.78, 5) is 13.6. The number of aromatic nitrogens is 4. The monoisotopic (exact) mass is 343 g/mol. The lowest BCUT2D eigenvalue weighted by molar-refractivity contribution is 0.455. The van der Waals surface area contributed by atoms with Crippen LogP contribution in [0.4, 0.5) is 5.95 Å². The Morgan fingerprint density at radius 1 is 1.15 bits per heavy atom. The molecule has 0 bridgehead atoms. The number of hydrogen-bond acceptors (Lipinski definition) is 4. The summed E-state index contributed by atoms with van der Waals surface area (Å²) in [5.74, 6) is 2.05. The Hall–Kier alpha value is -2.95. The lowest BCUT2D eigenvalue weighted by Gasteiger charge is -2.34. The molecule has 1 N–H and O–H groups in total. The molecule has 3 aromatic rings. The Balaban J connectivity index is 1.41. The van der Waals surface area contributed by atoms with E-state index in [0.717, 1.165) is 16.9 Å². The molecule has 0 amide bonds. The summed E-state index contributed by atoms with van der Waals surface area (Å²) >= 11 is 0. The summed E-state index contributed by atoms with van der Waals surface area (Å²) < 4.78 is 2.00. The Morgan fingerprint density at radius 2 is 2.08 bits per heavy atom. The van der Waals surface area contributed by atoms with Gasteiger partial charge in [-0.3, -0.25) is 4.57 Å². The fraction of sp³-hybridized carbons (Fsp3) is 0.286. The van der Waals surface area contributed by atoms with Crippen LogP contribution in [0.1, 0.15) is 26.2 Å². The summed E-state index contributed by atoms with van der Waals surface area (Å²) in [7, 11) is 0. The van der Waals surface area contributed by atoms with Crippen molar-refractivity contribution in [2.45, 2.75) is 32.2 Å². The first-order valence-electron chi connectivity index (χ1n) is 9.23. The van der Waals surface area contributed by atoms with E-state index < -0.39 is 0 Å². The maximum absolute atomic E-state index is 4.73. The van der Waals surface area contributed by atoms with Crippen LogP contribution in [-0.4, -0.2) is 25.6 Å². The Labute approximate surface area is 152 Å². The molecular formula is C21H21N5. The van der Waals surface area contributed by atoms with Crippen LogP contribution in [-0.2, 0) is 0 Å². The minimum atomic E-state index is 0.306. The second kappa shape index (κ2) is 6.09. The largest absolute Gasteiger partial charge is 0.351 e. The quantitative estimate of drug-likeness (QED) is 0.768. The topological polar surface area (TPSA) is 55.6 Å². The summed E-state index contributed by atoms with van der Waals surface area (Å²) in [6.07, 6.45) is 11.9. The van der Waals surface area contributed by atoms with E-state index in [1.165, 1.54) is 30.4 Å². The van der Waals surface area contributed by atoms with Crippen molar-refractivity contribution in [3.63, 3.8) is 0 Å². The molecule has 1 aromatic carbocycles. The van der Waals surface area contributed by atoms with E-state index in [1.54, 1.807) is 6.20 Å². The van der Waals surface area contributed by atoms with Gasteiger partial charge in [-0.25, -0.2) is 9.97 Å². The van der Waals surface area contributed by atoms with Crippen LogP contribution < -0.4 is 5.32 Å². The zero-order valence-corrected chi connectivity index (χ0v) is 14.8. The van der Waals surface area contributed by atoms with E-state index in [1.807, 2.05) is 35.2 Å². The van der Waals surface area contributed by atoms with E-state index in [9.17, 15) is 0 Å². The third-order valence-electron chi connectivity index (χ3n) is 5.50. The third-order valence-corrected chi connectivity index (χ3v) is 5.50. The van der Waals surface area contributed by atoms with Crippen molar-refractivity contribution in [2.75, 3.05) is 5.32 Å². The number of nitrogens with zero attached hydrogens (tertiary/aromatic N) is 4.